The van der Waals surface area contributed by atoms with Crippen LogP contribution >= 0.6 is 24.8 Å². The Bertz CT molecular complexity index is 694. The van der Waals surface area contributed by atoms with E-state index >= 15 is 0 Å². The normalized spacial score (nSPS) is 13.4. The predicted molar refractivity (Wildman–Crippen MR) is 104 cm³/mol. The number of benzene rings is 1. The maximum atomic E-state index is 12.2. The number of amides is 1. The molecule has 6 nitrogen and oxygen atoms in total. The van der Waals surface area contributed by atoms with E-state index in [9.17, 15) is 4.79 Å². The summed E-state index contributed by atoms with van der Waals surface area (Å²) in [6.07, 6.45) is 1.77. The summed E-state index contributed by atoms with van der Waals surface area (Å²) >= 11 is 0. The molecule has 8 heteroatoms. The number of ether oxygens (including phenoxy) is 1. The van der Waals surface area contributed by atoms with Crippen molar-refractivity contribution in [1.29, 1.82) is 0 Å². The van der Waals surface area contributed by atoms with E-state index in [4.69, 9.17) is 10.5 Å². The summed E-state index contributed by atoms with van der Waals surface area (Å²) in [5, 5.41) is 2.93. The van der Waals surface area contributed by atoms with Crippen molar-refractivity contribution < 1.29 is 9.53 Å². The molecule has 0 bridgehead atoms. The van der Waals surface area contributed by atoms with Gasteiger partial charge in [-0.1, -0.05) is 12.1 Å². The van der Waals surface area contributed by atoms with Crippen LogP contribution in [-0.4, -0.2) is 37.2 Å². The van der Waals surface area contributed by atoms with E-state index < -0.39 is 0 Å². The minimum absolute atomic E-state index is 0. The van der Waals surface area contributed by atoms with Crippen molar-refractivity contribution >= 4 is 42.2 Å². The molecule has 25 heavy (non-hydrogen) atoms. The van der Waals surface area contributed by atoms with Crippen molar-refractivity contribution in [2.45, 2.75) is 6.54 Å². The maximum Gasteiger partial charge on any atom is 0.251 e. The molecule has 1 aromatic heterocycles. The van der Waals surface area contributed by atoms with Crippen LogP contribution in [0.15, 0.2) is 42.6 Å². The number of nitrogens with one attached hydrogen (secondary N) is 1. The number of nitrogens with two attached hydrogens (primary N) is 1. The quantitative estimate of drug-likeness (QED) is 0.790. The summed E-state index contributed by atoms with van der Waals surface area (Å²) in [6.45, 7) is 3.45. The second-order valence-electron chi connectivity index (χ2n) is 5.39. The molecular weight excluding hydrogens is 363 g/mol. The number of carbonyl (C=O) groups excluding carboxylic acids is 1. The molecule has 3 N–H and O–H groups in total. The van der Waals surface area contributed by atoms with E-state index in [1.165, 1.54) is 0 Å². The number of hydrogen-bond donors (Lipinski definition) is 2. The first kappa shape index (κ1) is 21.0. The van der Waals surface area contributed by atoms with Gasteiger partial charge in [-0.15, -0.1) is 24.8 Å². The van der Waals surface area contributed by atoms with E-state index in [1.54, 1.807) is 30.5 Å². The minimum Gasteiger partial charge on any atom is -0.399 e. The van der Waals surface area contributed by atoms with Crippen LogP contribution in [-0.2, 0) is 11.3 Å². The fourth-order valence-electron chi connectivity index (χ4n) is 2.59. The zero-order valence-electron chi connectivity index (χ0n) is 13.7. The molecule has 0 saturated carbocycles. The number of pyridine rings is 1. The Balaban J connectivity index is 0.00000156. The number of carbonyl (C=O) groups is 1. The second-order valence-corrected chi connectivity index (χ2v) is 5.39. The highest BCUT2D eigenvalue weighted by molar-refractivity contribution is 5.95. The smallest absolute Gasteiger partial charge is 0.251 e. The van der Waals surface area contributed by atoms with Crippen molar-refractivity contribution in [1.82, 2.24) is 10.3 Å². The Kier molecular flexibility index (Phi) is 8.48. The van der Waals surface area contributed by atoms with Crippen molar-refractivity contribution in [2.24, 2.45) is 0 Å². The molecule has 1 saturated heterocycles. The van der Waals surface area contributed by atoms with Gasteiger partial charge in [-0.05, 0) is 24.3 Å². The highest BCUT2D eigenvalue weighted by Gasteiger charge is 2.16. The van der Waals surface area contributed by atoms with Crippen LogP contribution in [0.4, 0.5) is 11.5 Å². The molecule has 0 spiro atoms. The molecule has 1 aliphatic rings. The van der Waals surface area contributed by atoms with Crippen LogP contribution in [0.3, 0.4) is 0 Å². The lowest BCUT2D eigenvalue weighted by Gasteiger charge is -2.29. The van der Waals surface area contributed by atoms with Gasteiger partial charge < -0.3 is 20.7 Å². The molecule has 1 aromatic carbocycles. The summed E-state index contributed by atoms with van der Waals surface area (Å²) in [5.41, 5.74) is 7.84. The van der Waals surface area contributed by atoms with E-state index in [0.717, 1.165) is 24.5 Å². The topological polar surface area (TPSA) is 80.5 Å². The van der Waals surface area contributed by atoms with Crippen molar-refractivity contribution in [3.05, 3.63) is 53.7 Å². The van der Waals surface area contributed by atoms with Gasteiger partial charge in [-0.25, -0.2) is 4.98 Å². The van der Waals surface area contributed by atoms with E-state index in [1.807, 2.05) is 12.1 Å². The Hall–Kier alpha value is -2.02. The summed E-state index contributed by atoms with van der Waals surface area (Å²) in [7, 11) is 0. The van der Waals surface area contributed by atoms with Crippen molar-refractivity contribution in [3.63, 3.8) is 0 Å². The number of anilines is 2. The molecule has 0 atom stereocenters. The summed E-state index contributed by atoms with van der Waals surface area (Å²) in [6, 6.07) is 10.8. The van der Waals surface area contributed by atoms with Gasteiger partial charge >= 0.3 is 0 Å². The van der Waals surface area contributed by atoms with Crippen LogP contribution in [0.1, 0.15) is 15.9 Å². The van der Waals surface area contributed by atoms with Crippen molar-refractivity contribution in [2.75, 3.05) is 36.9 Å². The van der Waals surface area contributed by atoms with Crippen LogP contribution in [0, 0.1) is 0 Å². The molecule has 136 valence electrons. The lowest BCUT2D eigenvalue weighted by molar-refractivity contribution is 0.0950. The Morgan fingerprint density at radius 3 is 2.68 bits per heavy atom. The number of nitrogens with zero attached hydrogens (tertiary/aromatic N) is 2. The first-order valence-corrected chi connectivity index (χ1v) is 7.64. The van der Waals surface area contributed by atoms with Crippen LogP contribution in [0.25, 0.3) is 0 Å². The number of rotatable bonds is 4. The molecule has 1 amide bonds. The number of hydrogen-bond acceptors (Lipinski definition) is 5. The number of aromatic nitrogens is 1. The lowest BCUT2D eigenvalue weighted by atomic mass is 10.1. The van der Waals surface area contributed by atoms with Crippen LogP contribution < -0.4 is 16.0 Å². The zero-order valence-corrected chi connectivity index (χ0v) is 15.3. The Morgan fingerprint density at radius 1 is 1.20 bits per heavy atom. The minimum atomic E-state index is -0.144. The first-order chi connectivity index (χ1) is 11.2. The first-order valence-electron chi connectivity index (χ1n) is 7.64. The van der Waals surface area contributed by atoms with Gasteiger partial charge in [0.2, 0.25) is 0 Å². The molecule has 3 rings (SSSR count). The third-order valence-corrected chi connectivity index (χ3v) is 3.77. The molecule has 0 aliphatic carbocycles. The van der Waals surface area contributed by atoms with Gasteiger partial charge in [0, 0.05) is 42.6 Å². The molecule has 2 aromatic rings. The maximum absolute atomic E-state index is 12.2. The largest absolute Gasteiger partial charge is 0.399 e. The number of halogens is 2. The molecule has 1 aliphatic heterocycles. The van der Waals surface area contributed by atoms with Gasteiger partial charge in [0.05, 0.1) is 13.2 Å². The zero-order chi connectivity index (χ0) is 16.1. The number of morpholine rings is 1. The third-order valence-electron chi connectivity index (χ3n) is 3.77. The second kappa shape index (κ2) is 10.1. The van der Waals surface area contributed by atoms with E-state index in [0.29, 0.717) is 31.0 Å². The molecule has 2 heterocycles. The lowest BCUT2D eigenvalue weighted by Crippen LogP contribution is -2.37. The summed E-state index contributed by atoms with van der Waals surface area (Å²) < 4.78 is 5.38. The highest BCUT2D eigenvalue weighted by atomic mass is 35.5. The SMILES string of the molecule is Cl.Cl.Nc1cccc(C(=O)NCc2cccnc2N2CCOCC2)c1. The Labute approximate surface area is 159 Å². The monoisotopic (exact) mass is 384 g/mol. The van der Waals surface area contributed by atoms with Gasteiger partial charge in [0.1, 0.15) is 5.82 Å². The average molecular weight is 385 g/mol. The molecule has 0 radical (unpaired) electrons. The molecular formula is C17H22Cl2N4O2. The molecule has 0 unspecified atom stereocenters. The summed E-state index contributed by atoms with van der Waals surface area (Å²) in [4.78, 5) is 18.9. The predicted octanol–water partition coefficient (Wildman–Crippen LogP) is 2.27. The summed E-state index contributed by atoms with van der Waals surface area (Å²) in [5.74, 6) is 0.762. The fraction of sp³-hybridized carbons (Fsp3) is 0.294. The third kappa shape index (κ3) is 5.49. The van der Waals surface area contributed by atoms with E-state index in [2.05, 4.69) is 15.2 Å². The number of nitrogen functional groups attached to an aromatic ring is 1. The van der Waals surface area contributed by atoms with E-state index in [-0.39, 0.29) is 30.7 Å². The average Bonchev–Trinajstić information content (AvgIpc) is 2.60. The fourth-order valence-corrected chi connectivity index (χ4v) is 2.59. The highest BCUT2D eigenvalue weighted by Crippen LogP contribution is 2.18. The standard InChI is InChI=1S/C17H20N4O2.2ClH/c18-15-5-1-3-13(11-15)17(22)20-12-14-4-2-6-19-16(14)21-7-9-23-10-8-21;;/h1-6,11H,7-10,12,18H2,(H,20,22);2*1H. The van der Waals surface area contributed by atoms with Crippen LogP contribution in [0.5, 0.6) is 0 Å². The van der Waals surface area contributed by atoms with Gasteiger partial charge in [0.25, 0.3) is 5.91 Å². The van der Waals surface area contributed by atoms with Gasteiger partial charge in [0.15, 0.2) is 0 Å². The van der Waals surface area contributed by atoms with Crippen molar-refractivity contribution in [3.8, 4) is 0 Å². The Morgan fingerprint density at radius 2 is 1.96 bits per heavy atom. The molecule has 1 fully saturated rings. The van der Waals surface area contributed by atoms with Gasteiger partial charge in [-0.3, -0.25) is 4.79 Å². The van der Waals surface area contributed by atoms with Crippen LogP contribution in [0.2, 0.25) is 0 Å². The van der Waals surface area contributed by atoms with Gasteiger partial charge in [-0.2, -0.15) is 0 Å².